The second-order valence-electron chi connectivity index (χ2n) is 6.85. The van der Waals surface area contributed by atoms with Crippen molar-refractivity contribution in [2.24, 2.45) is 17.3 Å². The third-order valence-corrected chi connectivity index (χ3v) is 5.38. The molecule has 1 fully saturated rings. The number of nitrogens with one attached hydrogen (secondary N) is 1. The van der Waals surface area contributed by atoms with Gasteiger partial charge in [-0.1, -0.05) is 6.08 Å². The van der Waals surface area contributed by atoms with Gasteiger partial charge in [0.25, 0.3) is 0 Å². The highest BCUT2D eigenvalue weighted by molar-refractivity contribution is 6.00. The van der Waals surface area contributed by atoms with Crippen LogP contribution in [-0.2, 0) is 4.74 Å². The quantitative estimate of drug-likeness (QED) is 0.786. The van der Waals surface area contributed by atoms with E-state index in [2.05, 4.69) is 6.07 Å². The summed E-state index contributed by atoms with van der Waals surface area (Å²) in [5, 5.41) is 38.0. The van der Waals surface area contributed by atoms with E-state index >= 15 is 0 Å². The molecule has 1 saturated carbocycles. The Labute approximate surface area is 162 Å². The summed E-state index contributed by atoms with van der Waals surface area (Å²) in [6.07, 6.45) is 1.23. The van der Waals surface area contributed by atoms with Gasteiger partial charge in [0.1, 0.15) is 17.4 Å². The van der Waals surface area contributed by atoms with Crippen LogP contribution in [0.2, 0.25) is 0 Å². The van der Waals surface area contributed by atoms with E-state index in [-0.39, 0.29) is 25.4 Å². The van der Waals surface area contributed by atoms with Crippen LogP contribution >= 0.6 is 0 Å². The number of carbonyl (C=O) groups is 1. The smallest absolute Gasteiger partial charge is 0.410 e. The standard InChI is InChI=1S/C20H19N5O3/c1-3-27-19(26)25-7-6-13-14(8-21)18(24)20(10-22,11-23)17(15(13)9-25)16-5-4-12(2)28-16/h4-6,14-15,17,24H,3,7,9H2,1-2H3/t14?,15-,17-/m0/s1. The molecule has 0 saturated heterocycles. The van der Waals surface area contributed by atoms with Gasteiger partial charge in [-0.2, -0.15) is 15.8 Å². The first kappa shape index (κ1) is 19.2. The maximum absolute atomic E-state index is 12.2. The predicted molar refractivity (Wildman–Crippen MR) is 96.8 cm³/mol. The summed E-state index contributed by atoms with van der Waals surface area (Å²) in [4.78, 5) is 13.7. The fourth-order valence-electron chi connectivity index (χ4n) is 4.10. The molecule has 1 aliphatic heterocycles. The molecule has 1 N–H and O–H groups in total. The van der Waals surface area contributed by atoms with Gasteiger partial charge in [0, 0.05) is 19.0 Å². The highest BCUT2D eigenvalue weighted by Crippen LogP contribution is 2.53. The molecule has 2 heterocycles. The summed E-state index contributed by atoms with van der Waals surface area (Å²) in [5.41, 5.74) is -1.45. The number of aryl methyl sites for hydroxylation is 1. The number of hydrogen-bond acceptors (Lipinski definition) is 7. The Morgan fingerprint density at radius 2 is 2.11 bits per heavy atom. The maximum Gasteiger partial charge on any atom is 0.410 e. The van der Waals surface area contributed by atoms with Gasteiger partial charge in [-0.15, -0.1) is 0 Å². The molecule has 0 radical (unpaired) electrons. The van der Waals surface area contributed by atoms with Crippen molar-refractivity contribution in [2.75, 3.05) is 19.7 Å². The Kier molecular flexibility index (Phi) is 4.94. The van der Waals surface area contributed by atoms with Crippen molar-refractivity contribution in [3.05, 3.63) is 35.3 Å². The molecule has 3 rings (SSSR count). The van der Waals surface area contributed by atoms with E-state index in [9.17, 15) is 20.6 Å². The molecule has 3 atom stereocenters. The van der Waals surface area contributed by atoms with Crippen LogP contribution in [0, 0.1) is 63.6 Å². The molecular weight excluding hydrogens is 358 g/mol. The van der Waals surface area contributed by atoms with Crippen LogP contribution in [0.1, 0.15) is 24.4 Å². The van der Waals surface area contributed by atoms with Gasteiger partial charge in [-0.05, 0) is 31.6 Å². The molecule has 1 aromatic rings. The maximum atomic E-state index is 12.2. The molecule has 0 aromatic carbocycles. The highest BCUT2D eigenvalue weighted by Gasteiger charge is 2.59. The summed E-state index contributed by atoms with van der Waals surface area (Å²) >= 11 is 0. The van der Waals surface area contributed by atoms with Crippen molar-refractivity contribution >= 4 is 11.8 Å². The lowest BCUT2D eigenvalue weighted by molar-refractivity contribution is 0.0978. The van der Waals surface area contributed by atoms with Gasteiger partial charge in [0.05, 0.1) is 36.4 Å². The normalized spacial score (nSPS) is 25.5. The SMILES string of the molecule is CCOC(=O)N1CC=C2C(C#N)C(=N)C(C#N)(C#N)[C@H](c3ccc(C)o3)[C@H]2C1. The third kappa shape index (κ3) is 2.73. The van der Waals surface area contributed by atoms with Gasteiger partial charge < -0.3 is 19.5 Å². The molecule has 0 bridgehead atoms. The molecule has 0 spiro atoms. The average molecular weight is 377 g/mol. The number of furan rings is 1. The Morgan fingerprint density at radius 1 is 1.39 bits per heavy atom. The molecule has 1 aromatic heterocycles. The van der Waals surface area contributed by atoms with E-state index in [0.717, 1.165) is 0 Å². The van der Waals surface area contributed by atoms with E-state index in [1.54, 1.807) is 32.1 Å². The number of nitrogens with zero attached hydrogens (tertiary/aromatic N) is 4. The predicted octanol–water partition coefficient (Wildman–Crippen LogP) is 2.89. The zero-order valence-corrected chi connectivity index (χ0v) is 15.6. The lowest BCUT2D eigenvalue weighted by atomic mass is 9.55. The van der Waals surface area contributed by atoms with E-state index in [1.807, 2.05) is 12.1 Å². The molecule has 1 aliphatic carbocycles. The first-order valence-corrected chi connectivity index (χ1v) is 8.92. The molecule has 1 unspecified atom stereocenters. The van der Waals surface area contributed by atoms with E-state index in [0.29, 0.717) is 17.1 Å². The molecule has 8 nitrogen and oxygen atoms in total. The van der Waals surface area contributed by atoms with Crippen molar-refractivity contribution in [3.8, 4) is 18.2 Å². The van der Waals surface area contributed by atoms with Crippen LogP contribution in [0.4, 0.5) is 4.79 Å². The van der Waals surface area contributed by atoms with E-state index in [1.165, 1.54) is 4.90 Å². The highest BCUT2D eigenvalue weighted by atomic mass is 16.6. The summed E-state index contributed by atoms with van der Waals surface area (Å²) in [7, 11) is 0. The van der Waals surface area contributed by atoms with Crippen LogP contribution in [0.5, 0.6) is 0 Å². The second kappa shape index (κ2) is 7.21. The third-order valence-electron chi connectivity index (χ3n) is 5.38. The minimum Gasteiger partial charge on any atom is -0.466 e. The van der Waals surface area contributed by atoms with Crippen molar-refractivity contribution in [2.45, 2.75) is 19.8 Å². The summed E-state index contributed by atoms with van der Waals surface area (Å²) in [6.45, 7) is 4.10. The number of nitriles is 3. The number of fused-ring (bicyclic) bond motifs is 1. The van der Waals surface area contributed by atoms with Crippen LogP contribution in [0.15, 0.2) is 28.2 Å². The molecule has 2 aliphatic rings. The molecule has 1 amide bonds. The fraction of sp³-hybridized carbons (Fsp3) is 0.450. The van der Waals surface area contributed by atoms with Crippen LogP contribution < -0.4 is 0 Å². The first-order valence-electron chi connectivity index (χ1n) is 8.92. The van der Waals surface area contributed by atoms with Crippen molar-refractivity contribution in [1.29, 1.82) is 21.2 Å². The van der Waals surface area contributed by atoms with Crippen molar-refractivity contribution < 1.29 is 13.9 Å². The zero-order valence-electron chi connectivity index (χ0n) is 15.6. The second-order valence-corrected chi connectivity index (χ2v) is 6.85. The molecule has 142 valence electrons. The number of carbonyl (C=O) groups excluding carboxylic acids is 1. The van der Waals surface area contributed by atoms with E-state index < -0.39 is 29.3 Å². The number of amides is 1. The number of rotatable bonds is 2. The van der Waals surface area contributed by atoms with Crippen molar-refractivity contribution in [1.82, 2.24) is 4.90 Å². The van der Waals surface area contributed by atoms with Gasteiger partial charge in [0.15, 0.2) is 5.41 Å². The van der Waals surface area contributed by atoms with Gasteiger partial charge in [0.2, 0.25) is 0 Å². The largest absolute Gasteiger partial charge is 0.466 e. The minimum absolute atomic E-state index is 0.172. The van der Waals surface area contributed by atoms with Crippen LogP contribution in [-0.4, -0.2) is 36.4 Å². The Bertz CT molecular complexity index is 957. The summed E-state index contributed by atoms with van der Waals surface area (Å²) in [5.74, 6) is -1.31. The lowest BCUT2D eigenvalue weighted by Gasteiger charge is -2.46. The first-order chi connectivity index (χ1) is 13.4. The van der Waals surface area contributed by atoms with Gasteiger partial charge in [-0.25, -0.2) is 4.79 Å². The Hall–Kier alpha value is -3.57. The number of ether oxygens (including phenoxy) is 1. The zero-order chi connectivity index (χ0) is 20.5. The monoisotopic (exact) mass is 377 g/mol. The molecule has 28 heavy (non-hydrogen) atoms. The molecule has 8 heteroatoms. The lowest BCUT2D eigenvalue weighted by Crippen LogP contribution is -2.53. The topological polar surface area (TPSA) is 138 Å². The van der Waals surface area contributed by atoms with Gasteiger partial charge >= 0.3 is 6.09 Å². The van der Waals surface area contributed by atoms with Gasteiger partial charge in [-0.3, -0.25) is 0 Å². The van der Waals surface area contributed by atoms with Crippen molar-refractivity contribution in [3.63, 3.8) is 0 Å². The fourth-order valence-corrected chi connectivity index (χ4v) is 4.10. The Balaban J connectivity index is 2.17. The molecular formula is C20H19N5O3. The summed E-state index contributed by atoms with van der Waals surface area (Å²) < 4.78 is 10.8. The number of hydrogen-bond donors (Lipinski definition) is 1. The minimum atomic E-state index is -1.86. The summed E-state index contributed by atoms with van der Waals surface area (Å²) in [6, 6.07) is 9.44. The van der Waals surface area contributed by atoms with E-state index in [4.69, 9.17) is 14.6 Å². The Morgan fingerprint density at radius 3 is 2.64 bits per heavy atom. The average Bonchev–Trinajstić information content (AvgIpc) is 3.12. The van der Waals surface area contributed by atoms with Crippen LogP contribution in [0.3, 0.4) is 0 Å². The van der Waals surface area contributed by atoms with Crippen LogP contribution in [0.25, 0.3) is 0 Å².